The number of benzene rings is 3. The summed E-state index contributed by atoms with van der Waals surface area (Å²) in [6, 6.07) is 14.9. The Morgan fingerprint density at radius 3 is 1.54 bits per heavy atom. The lowest BCUT2D eigenvalue weighted by molar-refractivity contribution is 0.466. The number of aromatic hydroxyl groups is 2. The Labute approximate surface area is 177 Å². The van der Waals surface area contributed by atoms with Gasteiger partial charge in [-0.25, -0.2) is 0 Å². The molecular weight excluding hydrogens is 526 g/mol. The molecule has 0 unspecified atom stereocenters. The van der Waals surface area contributed by atoms with Gasteiger partial charge in [0.05, 0.1) is 8.95 Å². The molecule has 0 aliphatic rings. The van der Waals surface area contributed by atoms with E-state index in [1.807, 2.05) is 36.4 Å². The SMILES string of the molecule is Nc1cc(Cc2cccc(Br)c2O)c(Br)c(Cc2cccc(Br)c2O)c1. The molecule has 0 bridgehead atoms. The van der Waals surface area contributed by atoms with Gasteiger partial charge in [-0.05, 0) is 78.4 Å². The predicted molar refractivity (Wildman–Crippen MR) is 116 cm³/mol. The average Bonchev–Trinajstić information content (AvgIpc) is 2.60. The minimum Gasteiger partial charge on any atom is -0.506 e. The molecule has 134 valence electrons. The van der Waals surface area contributed by atoms with Crippen LogP contribution in [0.1, 0.15) is 22.3 Å². The standard InChI is InChI=1S/C20H16Br3NO2/c21-16-5-1-3-11(19(16)25)7-13-9-15(24)10-14(18(13)23)8-12-4-2-6-17(22)20(12)26/h1-6,9-10,25-26H,7-8,24H2. The van der Waals surface area contributed by atoms with Crippen LogP contribution in [-0.2, 0) is 12.8 Å². The lowest BCUT2D eigenvalue weighted by atomic mass is 9.97. The van der Waals surface area contributed by atoms with Gasteiger partial charge in [0.2, 0.25) is 0 Å². The zero-order valence-electron chi connectivity index (χ0n) is 13.6. The molecule has 3 rings (SSSR count). The predicted octanol–water partition coefficient (Wildman–Crippen LogP) is 6.15. The van der Waals surface area contributed by atoms with Crippen molar-refractivity contribution < 1.29 is 10.2 Å². The van der Waals surface area contributed by atoms with Crippen LogP contribution in [0.2, 0.25) is 0 Å². The van der Waals surface area contributed by atoms with Gasteiger partial charge in [-0.15, -0.1) is 0 Å². The highest BCUT2D eigenvalue weighted by molar-refractivity contribution is 9.11. The fraction of sp³-hybridized carbons (Fsp3) is 0.100. The summed E-state index contributed by atoms with van der Waals surface area (Å²) in [6.45, 7) is 0. The van der Waals surface area contributed by atoms with E-state index in [1.54, 1.807) is 12.1 Å². The molecule has 0 amide bonds. The normalized spacial score (nSPS) is 10.9. The highest BCUT2D eigenvalue weighted by Gasteiger charge is 2.14. The van der Waals surface area contributed by atoms with E-state index in [-0.39, 0.29) is 11.5 Å². The minimum atomic E-state index is 0.230. The molecule has 3 aromatic rings. The van der Waals surface area contributed by atoms with Crippen LogP contribution in [0.4, 0.5) is 5.69 Å². The molecule has 3 aromatic carbocycles. The van der Waals surface area contributed by atoms with Crippen LogP contribution < -0.4 is 5.73 Å². The Morgan fingerprint density at radius 2 is 1.12 bits per heavy atom. The molecule has 26 heavy (non-hydrogen) atoms. The lowest BCUT2D eigenvalue weighted by Crippen LogP contribution is -1.99. The molecule has 0 aliphatic heterocycles. The molecule has 0 radical (unpaired) electrons. The number of rotatable bonds is 4. The maximum absolute atomic E-state index is 10.3. The molecular formula is C20H16Br3NO2. The lowest BCUT2D eigenvalue weighted by Gasteiger charge is -2.14. The first kappa shape index (κ1) is 19.3. The summed E-state index contributed by atoms with van der Waals surface area (Å²) in [4.78, 5) is 0. The van der Waals surface area contributed by atoms with E-state index in [2.05, 4.69) is 47.8 Å². The molecule has 0 aliphatic carbocycles. The molecule has 0 spiro atoms. The van der Waals surface area contributed by atoms with Gasteiger partial charge in [-0.1, -0.05) is 40.2 Å². The first-order valence-electron chi connectivity index (χ1n) is 7.86. The fourth-order valence-corrected chi connectivity index (χ4v) is 4.17. The zero-order chi connectivity index (χ0) is 18.8. The van der Waals surface area contributed by atoms with E-state index in [4.69, 9.17) is 5.73 Å². The number of phenols is 2. The van der Waals surface area contributed by atoms with E-state index in [1.165, 1.54) is 0 Å². The topological polar surface area (TPSA) is 66.5 Å². The van der Waals surface area contributed by atoms with Crippen molar-refractivity contribution in [1.29, 1.82) is 0 Å². The van der Waals surface area contributed by atoms with Gasteiger partial charge in [0, 0.05) is 23.0 Å². The van der Waals surface area contributed by atoms with Crippen molar-refractivity contribution in [3.05, 3.63) is 84.2 Å². The number of para-hydroxylation sites is 2. The second-order valence-corrected chi connectivity index (χ2v) is 8.50. The first-order valence-corrected chi connectivity index (χ1v) is 10.2. The highest BCUT2D eigenvalue weighted by Crippen LogP contribution is 2.35. The van der Waals surface area contributed by atoms with Crippen molar-refractivity contribution in [2.75, 3.05) is 5.73 Å². The molecule has 4 N–H and O–H groups in total. The molecule has 0 heterocycles. The summed E-state index contributed by atoms with van der Waals surface area (Å²) in [7, 11) is 0. The van der Waals surface area contributed by atoms with Crippen LogP contribution in [0, 0.1) is 0 Å². The summed E-state index contributed by atoms with van der Waals surface area (Å²) in [5.74, 6) is 0.459. The average molecular weight is 542 g/mol. The monoisotopic (exact) mass is 539 g/mol. The Balaban J connectivity index is 1.98. The van der Waals surface area contributed by atoms with E-state index >= 15 is 0 Å². The van der Waals surface area contributed by atoms with Crippen molar-refractivity contribution in [1.82, 2.24) is 0 Å². The molecule has 0 saturated carbocycles. The quantitative estimate of drug-likeness (QED) is 0.347. The maximum atomic E-state index is 10.3. The highest BCUT2D eigenvalue weighted by atomic mass is 79.9. The van der Waals surface area contributed by atoms with Gasteiger partial charge in [-0.3, -0.25) is 0 Å². The number of halogens is 3. The third-order valence-electron chi connectivity index (χ3n) is 4.15. The summed E-state index contributed by atoms with van der Waals surface area (Å²) in [6.07, 6.45) is 1.07. The van der Waals surface area contributed by atoms with E-state index < -0.39 is 0 Å². The van der Waals surface area contributed by atoms with Crippen molar-refractivity contribution in [2.24, 2.45) is 0 Å². The summed E-state index contributed by atoms with van der Waals surface area (Å²) in [5, 5.41) is 20.5. The third kappa shape index (κ3) is 4.08. The molecule has 3 nitrogen and oxygen atoms in total. The zero-order valence-corrected chi connectivity index (χ0v) is 18.4. The molecule has 0 saturated heterocycles. The second kappa shape index (κ2) is 8.03. The van der Waals surface area contributed by atoms with Crippen molar-refractivity contribution >= 4 is 53.5 Å². The Morgan fingerprint density at radius 1 is 0.692 bits per heavy atom. The Hall–Kier alpha value is -1.50. The van der Waals surface area contributed by atoms with Crippen LogP contribution in [0.3, 0.4) is 0 Å². The number of nitrogens with two attached hydrogens (primary N) is 1. The van der Waals surface area contributed by atoms with Gasteiger partial charge < -0.3 is 15.9 Å². The van der Waals surface area contributed by atoms with E-state index in [9.17, 15) is 10.2 Å². The van der Waals surface area contributed by atoms with Gasteiger partial charge in [-0.2, -0.15) is 0 Å². The molecule has 0 fully saturated rings. The van der Waals surface area contributed by atoms with Crippen molar-refractivity contribution in [2.45, 2.75) is 12.8 Å². The van der Waals surface area contributed by atoms with Gasteiger partial charge in [0.15, 0.2) is 0 Å². The second-order valence-electron chi connectivity index (χ2n) is 6.00. The summed E-state index contributed by atoms with van der Waals surface area (Å²) in [5.41, 5.74) is 10.3. The summed E-state index contributed by atoms with van der Waals surface area (Å²) < 4.78 is 2.24. The fourth-order valence-electron chi connectivity index (χ4n) is 2.85. The Bertz CT molecular complexity index is 899. The smallest absolute Gasteiger partial charge is 0.133 e. The number of phenolic OH excluding ortho intramolecular Hbond substituents is 2. The molecule has 6 heteroatoms. The summed E-state index contributed by atoms with van der Waals surface area (Å²) >= 11 is 10.4. The third-order valence-corrected chi connectivity index (χ3v) is 6.45. The van der Waals surface area contributed by atoms with Gasteiger partial charge in [0.25, 0.3) is 0 Å². The van der Waals surface area contributed by atoms with Crippen molar-refractivity contribution in [3.8, 4) is 11.5 Å². The number of hydrogen-bond acceptors (Lipinski definition) is 3. The minimum absolute atomic E-state index is 0.230. The van der Waals surface area contributed by atoms with Gasteiger partial charge >= 0.3 is 0 Å². The van der Waals surface area contributed by atoms with Crippen LogP contribution in [-0.4, -0.2) is 10.2 Å². The number of hydrogen-bond donors (Lipinski definition) is 3. The van der Waals surface area contributed by atoms with Gasteiger partial charge in [0.1, 0.15) is 11.5 Å². The van der Waals surface area contributed by atoms with E-state index in [0.29, 0.717) is 27.5 Å². The van der Waals surface area contributed by atoms with Crippen LogP contribution in [0.25, 0.3) is 0 Å². The molecule has 0 atom stereocenters. The van der Waals surface area contributed by atoms with Crippen molar-refractivity contribution in [3.63, 3.8) is 0 Å². The number of nitrogen functional groups attached to an aromatic ring is 1. The van der Waals surface area contributed by atoms with E-state index in [0.717, 1.165) is 26.7 Å². The number of anilines is 1. The van der Waals surface area contributed by atoms with Crippen LogP contribution in [0.5, 0.6) is 11.5 Å². The first-order chi connectivity index (χ1) is 12.4. The van der Waals surface area contributed by atoms with Crippen LogP contribution in [0.15, 0.2) is 61.9 Å². The van der Waals surface area contributed by atoms with Crippen LogP contribution >= 0.6 is 47.8 Å². The maximum Gasteiger partial charge on any atom is 0.133 e. The largest absolute Gasteiger partial charge is 0.506 e. The molecule has 0 aromatic heterocycles. The Kier molecular flexibility index (Phi) is 5.95.